The Balaban J connectivity index is 2.31. The van der Waals surface area contributed by atoms with Gasteiger partial charge in [-0.25, -0.2) is 4.79 Å². The number of carbonyl (C=O) groups excluding carboxylic acids is 1. The highest BCUT2D eigenvalue weighted by atomic mass is 19.3. The van der Waals surface area contributed by atoms with Crippen molar-refractivity contribution >= 4 is 11.8 Å². The molecule has 0 unspecified atom stereocenters. The van der Waals surface area contributed by atoms with Crippen LogP contribution < -0.4 is 15.4 Å². The maximum Gasteiger partial charge on any atom is 0.407 e. The fourth-order valence-electron chi connectivity index (χ4n) is 1.47. The van der Waals surface area contributed by atoms with Gasteiger partial charge in [0, 0.05) is 24.8 Å². The average molecular weight is 302 g/mol. The van der Waals surface area contributed by atoms with Gasteiger partial charge in [0.05, 0.1) is 0 Å². The van der Waals surface area contributed by atoms with Crippen molar-refractivity contribution in [2.24, 2.45) is 0 Å². The van der Waals surface area contributed by atoms with E-state index in [1.807, 2.05) is 0 Å². The molecule has 0 fully saturated rings. The van der Waals surface area contributed by atoms with Crippen LogP contribution in [0.5, 0.6) is 5.75 Å². The van der Waals surface area contributed by atoms with E-state index in [1.54, 1.807) is 32.9 Å². The van der Waals surface area contributed by atoms with Crippen molar-refractivity contribution in [2.75, 3.05) is 18.4 Å². The summed E-state index contributed by atoms with van der Waals surface area (Å²) in [4.78, 5) is 11.4. The third-order valence-electron chi connectivity index (χ3n) is 2.18. The highest BCUT2D eigenvalue weighted by Gasteiger charge is 2.15. The molecule has 0 aliphatic carbocycles. The summed E-state index contributed by atoms with van der Waals surface area (Å²) in [6.07, 6.45) is -0.501. The molecule has 0 spiro atoms. The van der Waals surface area contributed by atoms with Crippen molar-refractivity contribution in [3.05, 3.63) is 24.3 Å². The van der Waals surface area contributed by atoms with Gasteiger partial charge in [-0.15, -0.1) is 0 Å². The van der Waals surface area contributed by atoms with Crippen LogP contribution in [-0.2, 0) is 4.74 Å². The van der Waals surface area contributed by atoms with E-state index >= 15 is 0 Å². The maximum atomic E-state index is 12.1. The lowest BCUT2D eigenvalue weighted by Gasteiger charge is -2.19. The van der Waals surface area contributed by atoms with Crippen LogP contribution in [0.25, 0.3) is 0 Å². The first kappa shape index (κ1) is 17.0. The third-order valence-corrected chi connectivity index (χ3v) is 2.18. The zero-order valence-electron chi connectivity index (χ0n) is 12.3. The van der Waals surface area contributed by atoms with E-state index in [0.717, 1.165) is 0 Å². The highest BCUT2D eigenvalue weighted by Crippen LogP contribution is 2.18. The minimum absolute atomic E-state index is 0.0788. The number of amides is 1. The van der Waals surface area contributed by atoms with E-state index < -0.39 is 18.3 Å². The van der Waals surface area contributed by atoms with E-state index in [2.05, 4.69) is 15.4 Å². The Morgan fingerprint density at radius 1 is 1.29 bits per heavy atom. The smallest absolute Gasteiger partial charge is 0.407 e. The zero-order valence-corrected chi connectivity index (χ0v) is 12.3. The van der Waals surface area contributed by atoms with Gasteiger partial charge in [0.2, 0.25) is 0 Å². The predicted molar refractivity (Wildman–Crippen MR) is 75.8 cm³/mol. The van der Waals surface area contributed by atoms with E-state index in [-0.39, 0.29) is 5.75 Å². The molecule has 0 radical (unpaired) electrons. The molecule has 118 valence electrons. The Morgan fingerprint density at radius 3 is 2.62 bits per heavy atom. The van der Waals surface area contributed by atoms with Gasteiger partial charge in [-0.2, -0.15) is 8.78 Å². The second kappa shape index (κ2) is 7.66. The number of halogens is 2. The lowest BCUT2D eigenvalue weighted by atomic mass is 10.2. The molecule has 0 aromatic heterocycles. The summed E-state index contributed by atoms with van der Waals surface area (Å²) in [5, 5.41) is 5.56. The number of carbonyl (C=O) groups is 1. The largest absolute Gasteiger partial charge is 0.444 e. The molecule has 0 atom stereocenters. The van der Waals surface area contributed by atoms with E-state index in [1.165, 1.54) is 12.1 Å². The molecule has 0 aliphatic rings. The van der Waals surface area contributed by atoms with Crippen molar-refractivity contribution in [1.29, 1.82) is 0 Å². The van der Waals surface area contributed by atoms with Crippen LogP contribution in [0.1, 0.15) is 20.8 Å². The van der Waals surface area contributed by atoms with Crippen molar-refractivity contribution in [3.8, 4) is 5.75 Å². The SMILES string of the molecule is CC(C)(C)OC(=O)NCCNc1cccc(OC(F)F)c1. The molecule has 0 saturated carbocycles. The third kappa shape index (κ3) is 7.96. The van der Waals surface area contributed by atoms with E-state index in [4.69, 9.17) is 4.74 Å². The second-order valence-electron chi connectivity index (χ2n) is 5.26. The first-order valence-electron chi connectivity index (χ1n) is 6.52. The van der Waals surface area contributed by atoms with Gasteiger partial charge in [0.25, 0.3) is 0 Å². The highest BCUT2D eigenvalue weighted by molar-refractivity contribution is 5.67. The molecule has 0 saturated heterocycles. The number of hydrogen-bond acceptors (Lipinski definition) is 4. The van der Waals surface area contributed by atoms with Crippen molar-refractivity contribution in [2.45, 2.75) is 33.0 Å². The topological polar surface area (TPSA) is 59.6 Å². The first-order valence-corrected chi connectivity index (χ1v) is 6.52. The van der Waals surface area contributed by atoms with Crippen molar-refractivity contribution < 1.29 is 23.0 Å². The molecule has 1 amide bonds. The van der Waals surface area contributed by atoms with Gasteiger partial charge in [-0.3, -0.25) is 0 Å². The molecule has 21 heavy (non-hydrogen) atoms. The van der Waals surface area contributed by atoms with Crippen LogP contribution in [0.3, 0.4) is 0 Å². The Bertz CT molecular complexity index is 462. The normalized spacial score (nSPS) is 11.1. The Hall–Kier alpha value is -2.05. The summed E-state index contributed by atoms with van der Waals surface area (Å²) < 4.78 is 33.5. The van der Waals surface area contributed by atoms with Crippen LogP contribution in [0, 0.1) is 0 Å². The van der Waals surface area contributed by atoms with Crippen LogP contribution in [-0.4, -0.2) is 31.4 Å². The summed E-state index contributed by atoms with van der Waals surface area (Å²) in [6.45, 7) is 3.25. The molecule has 2 N–H and O–H groups in total. The second-order valence-corrected chi connectivity index (χ2v) is 5.26. The number of nitrogens with one attached hydrogen (secondary N) is 2. The molecule has 7 heteroatoms. The lowest BCUT2D eigenvalue weighted by molar-refractivity contribution is -0.0498. The van der Waals surface area contributed by atoms with E-state index in [0.29, 0.717) is 18.8 Å². The monoisotopic (exact) mass is 302 g/mol. The Labute approximate surface area is 122 Å². The first-order chi connectivity index (χ1) is 9.76. The summed E-state index contributed by atoms with van der Waals surface area (Å²) >= 11 is 0. The quantitative estimate of drug-likeness (QED) is 0.792. The molecule has 5 nitrogen and oxygen atoms in total. The number of alkyl halides is 2. The van der Waals surface area contributed by atoms with Crippen LogP contribution in [0.4, 0.5) is 19.3 Å². The van der Waals surface area contributed by atoms with Crippen molar-refractivity contribution in [1.82, 2.24) is 5.32 Å². The van der Waals surface area contributed by atoms with Gasteiger partial charge < -0.3 is 20.1 Å². The maximum absolute atomic E-state index is 12.1. The molecule has 0 bridgehead atoms. The summed E-state index contributed by atoms with van der Waals surface area (Å²) in [7, 11) is 0. The lowest BCUT2D eigenvalue weighted by Crippen LogP contribution is -2.34. The number of anilines is 1. The van der Waals surface area contributed by atoms with Crippen molar-refractivity contribution in [3.63, 3.8) is 0 Å². The molecular weight excluding hydrogens is 282 g/mol. The number of hydrogen-bond donors (Lipinski definition) is 2. The van der Waals surface area contributed by atoms with Gasteiger partial charge in [-0.1, -0.05) is 6.07 Å². The Morgan fingerprint density at radius 2 is 2.00 bits per heavy atom. The minimum Gasteiger partial charge on any atom is -0.444 e. The van der Waals surface area contributed by atoms with Gasteiger partial charge in [-0.05, 0) is 32.9 Å². The predicted octanol–water partition coefficient (Wildman–Crippen LogP) is 3.22. The van der Waals surface area contributed by atoms with Crippen LogP contribution in [0.2, 0.25) is 0 Å². The fourth-order valence-corrected chi connectivity index (χ4v) is 1.47. The van der Waals surface area contributed by atoms with Gasteiger partial charge >= 0.3 is 12.7 Å². The number of benzene rings is 1. The van der Waals surface area contributed by atoms with Gasteiger partial charge in [0.15, 0.2) is 0 Å². The van der Waals surface area contributed by atoms with E-state index in [9.17, 15) is 13.6 Å². The van der Waals surface area contributed by atoms with Crippen LogP contribution >= 0.6 is 0 Å². The Kier molecular flexibility index (Phi) is 6.20. The molecule has 1 rings (SSSR count). The molecule has 1 aromatic rings. The summed E-state index contributed by atoms with van der Waals surface area (Å²) in [5.74, 6) is 0.0788. The number of ether oxygens (including phenoxy) is 2. The molecule has 0 aliphatic heterocycles. The molecule has 0 heterocycles. The number of rotatable bonds is 6. The van der Waals surface area contributed by atoms with Crippen LogP contribution in [0.15, 0.2) is 24.3 Å². The minimum atomic E-state index is -2.85. The molecule has 1 aromatic carbocycles. The summed E-state index contributed by atoms with van der Waals surface area (Å²) in [5.41, 5.74) is 0.0810. The van der Waals surface area contributed by atoms with Gasteiger partial charge in [0.1, 0.15) is 11.4 Å². The number of alkyl carbamates (subject to hydrolysis) is 1. The standard InChI is InChI=1S/C14H20F2N2O3/c1-14(2,3)21-13(19)18-8-7-17-10-5-4-6-11(9-10)20-12(15)16/h4-6,9,12,17H,7-8H2,1-3H3,(H,18,19). The zero-order chi connectivity index (χ0) is 15.9. The summed E-state index contributed by atoms with van der Waals surface area (Å²) in [6, 6.07) is 6.21. The average Bonchev–Trinajstić information content (AvgIpc) is 2.32. The fraction of sp³-hybridized carbons (Fsp3) is 0.500. The molecular formula is C14H20F2N2O3.